The number of nitrogens with two attached hydrogens (primary N) is 1. The summed E-state index contributed by atoms with van der Waals surface area (Å²) >= 11 is 0. The Morgan fingerprint density at radius 3 is 2.20 bits per heavy atom. The zero-order valence-electron chi connectivity index (χ0n) is 10.4. The van der Waals surface area contributed by atoms with Gasteiger partial charge in [0.1, 0.15) is 0 Å². The van der Waals surface area contributed by atoms with Crippen LogP contribution in [0.4, 0.5) is 0 Å². The van der Waals surface area contributed by atoms with E-state index in [9.17, 15) is 0 Å². The molecule has 0 unspecified atom stereocenters. The summed E-state index contributed by atoms with van der Waals surface area (Å²) in [5.41, 5.74) is 10.5. The van der Waals surface area contributed by atoms with Crippen molar-refractivity contribution in [1.29, 1.82) is 0 Å². The van der Waals surface area contributed by atoms with Gasteiger partial charge in [0.25, 0.3) is 0 Å². The van der Waals surface area contributed by atoms with E-state index < -0.39 is 0 Å². The molecular weight excluding hydrogens is 182 g/mol. The average molecular weight is 205 g/mol. The predicted octanol–water partition coefficient (Wildman–Crippen LogP) is 3.53. The van der Waals surface area contributed by atoms with Crippen LogP contribution in [0.1, 0.15) is 50.3 Å². The fourth-order valence-corrected chi connectivity index (χ4v) is 2.27. The van der Waals surface area contributed by atoms with Crippen LogP contribution in [0.5, 0.6) is 0 Å². The van der Waals surface area contributed by atoms with Crippen LogP contribution in [-0.2, 0) is 12.0 Å². The maximum absolute atomic E-state index is 6.46. The van der Waals surface area contributed by atoms with Gasteiger partial charge in [0.2, 0.25) is 0 Å². The van der Waals surface area contributed by atoms with E-state index in [-0.39, 0.29) is 5.54 Å². The zero-order chi connectivity index (χ0) is 11.5. The molecule has 2 N–H and O–H groups in total. The molecule has 15 heavy (non-hydrogen) atoms. The van der Waals surface area contributed by atoms with E-state index >= 15 is 0 Å². The first-order chi connectivity index (χ1) is 7.09. The molecule has 0 aliphatic heterocycles. The molecule has 1 rings (SSSR count). The SMILES string of the molecule is CCc1c(C)cccc1C(N)(CC)CC. The molecule has 0 saturated heterocycles. The second-order valence-corrected chi connectivity index (χ2v) is 4.32. The number of hydrogen-bond acceptors (Lipinski definition) is 1. The Hall–Kier alpha value is -0.820. The van der Waals surface area contributed by atoms with Crippen molar-refractivity contribution in [1.82, 2.24) is 0 Å². The second-order valence-electron chi connectivity index (χ2n) is 4.32. The summed E-state index contributed by atoms with van der Waals surface area (Å²) < 4.78 is 0. The van der Waals surface area contributed by atoms with Crippen molar-refractivity contribution >= 4 is 0 Å². The lowest BCUT2D eigenvalue weighted by molar-refractivity contribution is 0.409. The predicted molar refractivity (Wildman–Crippen MR) is 67.0 cm³/mol. The van der Waals surface area contributed by atoms with E-state index in [0.29, 0.717) is 0 Å². The first kappa shape index (κ1) is 12.3. The molecule has 0 radical (unpaired) electrons. The lowest BCUT2D eigenvalue weighted by atomic mass is 9.81. The highest BCUT2D eigenvalue weighted by Gasteiger charge is 2.25. The van der Waals surface area contributed by atoms with Crippen molar-refractivity contribution in [2.24, 2.45) is 5.73 Å². The molecule has 0 bridgehead atoms. The number of aryl methyl sites for hydroxylation is 1. The van der Waals surface area contributed by atoms with Crippen LogP contribution in [0.2, 0.25) is 0 Å². The first-order valence-corrected chi connectivity index (χ1v) is 5.96. The minimum atomic E-state index is -0.142. The highest BCUT2D eigenvalue weighted by atomic mass is 14.7. The molecule has 0 amide bonds. The summed E-state index contributed by atoms with van der Waals surface area (Å²) in [5.74, 6) is 0. The topological polar surface area (TPSA) is 26.0 Å². The normalized spacial score (nSPS) is 11.8. The van der Waals surface area contributed by atoms with Crippen molar-refractivity contribution in [2.75, 3.05) is 0 Å². The van der Waals surface area contributed by atoms with E-state index in [1.54, 1.807) is 0 Å². The van der Waals surface area contributed by atoms with Crippen LogP contribution in [-0.4, -0.2) is 0 Å². The van der Waals surface area contributed by atoms with Gasteiger partial charge in [0.05, 0.1) is 0 Å². The minimum Gasteiger partial charge on any atom is -0.321 e. The fraction of sp³-hybridized carbons (Fsp3) is 0.571. The van der Waals surface area contributed by atoms with E-state index in [1.165, 1.54) is 16.7 Å². The Morgan fingerprint density at radius 2 is 1.73 bits per heavy atom. The van der Waals surface area contributed by atoms with Gasteiger partial charge in [-0.25, -0.2) is 0 Å². The van der Waals surface area contributed by atoms with Crippen LogP contribution in [0.3, 0.4) is 0 Å². The Labute approximate surface area is 93.7 Å². The highest BCUT2D eigenvalue weighted by Crippen LogP contribution is 2.30. The molecule has 84 valence electrons. The molecule has 1 aromatic rings. The minimum absolute atomic E-state index is 0.142. The third kappa shape index (κ3) is 2.23. The molecule has 0 aliphatic rings. The molecule has 0 heterocycles. The van der Waals surface area contributed by atoms with E-state index in [2.05, 4.69) is 45.9 Å². The van der Waals surface area contributed by atoms with Gasteiger partial charge in [-0.3, -0.25) is 0 Å². The summed E-state index contributed by atoms with van der Waals surface area (Å²) in [4.78, 5) is 0. The van der Waals surface area contributed by atoms with Crippen molar-refractivity contribution in [2.45, 2.75) is 52.5 Å². The van der Waals surface area contributed by atoms with Gasteiger partial charge in [-0.15, -0.1) is 0 Å². The smallest absolute Gasteiger partial charge is 0.0407 e. The van der Waals surface area contributed by atoms with Gasteiger partial charge < -0.3 is 5.73 Å². The highest BCUT2D eigenvalue weighted by molar-refractivity contribution is 5.39. The van der Waals surface area contributed by atoms with Gasteiger partial charge in [-0.1, -0.05) is 39.0 Å². The lowest BCUT2D eigenvalue weighted by Crippen LogP contribution is -2.36. The van der Waals surface area contributed by atoms with Crippen LogP contribution in [0.15, 0.2) is 18.2 Å². The molecule has 0 aromatic heterocycles. The summed E-state index contributed by atoms with van der Waals surface area (Å²) in [6.45, 7) is 8.72. The van der Waals surface area contributed by atoms with E-state index in [1.807, 2.05) is 0 Å². The summed E-state index contributed by atoms with van der Waals surface area (Å²) in [5, 5.41) is 0. The monoisotopic (exact) mass is 205 g/mol. The molecule has 1 heteroatoms. The number of benzene rings is 1. The fourth-order valence-electron chi connectivity index (χ4n) is 2.27. The Morgan fingerprint density at radius 1 is 1.13 bits per heavy atom. The number of hydrogen-bond donors (Lipinski definition) is 1. The van der Waals surface area contributed by atoms with Crippen molar-refractivity contribution in [3.8, 4) is 0 Å². The van der Waals surface area contributed by atoms with Crippen LogP contribution < -0.4 is 5.73 Å². The zero-order valence-corrected chi connectivity index (χ0v) is 10.4. The molecule has 0 saturated carbocycles. The third-order valence-electron chi connectivity index (χ3n) is 3.56. The molecule has 0 aliphatic carbocycles. The third-order valence-corrected chi connectivity index (χ3v) is 3.56. The molecule has 0 fully saturated rings. The molecule has 0 spiro atoms. The Kier molecular flexibility index (Phi) is 3.92. The van der Waals surface area contributed by atoms with Crippen molar-refractivity contribution in [3.05, 3.63) is 34.9 Å². The maximum Gasteiger partial charge on any atom is 0.0407 e. The van der Waals surface area contributed by atoms with Crippen LogP contribution >= 0.6 is 0 Å². The average Bonchev–Trinajstić information content (AvgIpc) is 2.27. The van der Waals surface area contributed by atoms with Gasteiger partial charge in [-0.2, -0.15) is 0 Å². The van der Waals surface area contributed by atoms with Crippen molar-refractivity contribution < 1.29 is 0 Å². The summed E-state index contributed by atoms with van der Waals surface area (Å²) in [6.07, 6.45) is 3.07. The van der Waals surface area contributed by atoms with E-state index in [0.717, 1.165) is 19.3 Å². The van der Waals surface area contributed by atoms with E-state index in [4.69, 9.17) is 5.73 Å². The largest absolute Gasteiger partial charge is 0.321 e. The van der Waals surface area contributed by atoms with Gasteiger partial charge >= 0.3 is 0 Å². The number of rotatable bonds is 4. The molecule has 1 aromatic carbocycles. The standard InChI is InChI=1S/C14H23N/c1-5-12-11(4)9-8-10-13(12)14(15,6-2)7-3/h8-10H,5-7,15H2,1-4H3. The summed E-state index contributed by atoms with van der Waals surface area (Å²) in [6, 6.07) is 6.49. The Bertz CT molecular complexity index is 324. The molecule has 1 nitrogen and oxygen atoms in total. The maximum atomic E-state index is 6.46. The van der Waals surface area contributed by atoms with Gasteiger partial charge in [0.15, 0.2) is 0 Å². The van der Waals surface area contributed by atoms with Crippen LogP contribution in [0.25, 0.3) is 0 Å². The van der Waals surface area contributed by atoms with Gasteiger partial charge in [-0.05, 0) is 42.9 Å². The Balaban J connectivity index is 3.29. The lowest BCUT2D eigenvalue weighted by Gasteiger charge is -2.30. The van der Waals surface area contributed by atoms with Crippen LogP contribution in [0, 0.1) is 6.92 Å². The summed E-state index contributed by atoms with van der Waals surface area (Å²) in [7, 11) is 0. The van der Waals surface area contributed by atoms with Gasteiger partial charge in [0, 0.05) is 5.54 Å². The second kappa shape index (κ2) is 4.80. The quantitative estimate of drug-likeness (QED) is 0.799. The molecule has 0 atom stereocenters. The first-order valence-electron chi connectivity index (χ1n) is 5.96. The molecular formula is C14H23N. The van der Waals surface area contributed by atoms with Crippen molar-refractivity contribution in [3.63, 3.8) is 0 Å².